The molecule has 8 nitrogen and oxygen atoms in total. The Morgan fingerprint density at radius 2 is 1.88 bits per heavy atom. The number of hydrogen-bond acceptors (Lipinski definition) is 6. The van der Waals surface area contributed by atoms with Gasteiger partial charge in [-0.05, 0) is 36.4 Å². The van der Waals surface area contributed by atoms with Crippen LogP contribution in [0.25, 0.3) is 0 Å². The smallest absolute Gasteiger partial charge is 0.305 e. The van der Waals surface area contributed by atoms with Crippen LogP contribution in [0.15, 0.2) is 29.6 Å². The topological polar surface area (TPSA) is 139 Å². The second-order valence-electron chi connectivity index (χ2n) is 7.02. The molecule has 0 radical (unpaired) electrons. The highest BCUT2D eigenvalue weighted by Crippen LogP contribution is 2.29. The van der Waals surface area contributed by atoms with E-state index in [4.69, 9.17) is 34.0 Å². The van der Waals surface area contributed by atoms with Gasteiger partial charge in [0.15, 0.2) is 0 Å². The van der Waals surface area contributed by atoms with Crippen molar-refractivity contribution in [3.05, 3.63) is 50.1 Å². The highest BCUT2D eigenvalue weighted by Gasteiger charge is 2.24. The molecule has 0 saturated heterocycles. The number of hydrogen-bond donors (Lipinski definition) is 4. The fourth-order valence-corrected chi connectivity index (χ4v) is 4.34. The molecule has 1 aromatic heterocycles. The summed E-state index contributed by atoms with van der Waals surface area (Å²) in [5, 5.41) is 16.4. The van der Waals surface area contributed by atoms with E-state index in [2.05, 4.69) is 10.6 Å². The number of thiophene rings is 1. The van der Waals surface area contributed by atoms with Crippen LogP contribution < -0.4 is 16.4 Å². The molecule has 0 aliphatic heterocycles. The summed E-state index contributed by atoms with van der Waals surface area (Å²) in [6.45, 7) is 0.368. The van der Waals surface area contributed by atoms with Crippen molar-refractivity contribution in [3.8, 4) is 0 Å². The summed E-state index contributed by atoms with van der Waals surface area (Å²) in [5.41, 5.74) is 6.18. The zero-order valence-corrected chi connectivity index (χ0v) is 19.3. The van der Waals surface area contributed by atoms with E-state index in [9.17, 15) is 19.2 Å². The number of nitrogens with one attached hydrogen (secondary N) is 2. The maximum Gasteiger partial charge on any atom is 0.305 e. The summed E-state index contributed by atoms with van der Waals surface area (Å²) in [6.07, 6.45) is 1.63. The molecule has 1 aromatic carbocycles. The molecule has 0 fully saturated rings. The minimum absolute atomic E-state index is 0.198. The number of unbranched alkanes of at least 4 members (excludes halogenated alkanes) is 1. The predicted octanol–water partition coefficient (Wildman–Crippen LogP) is 3.48. The van der Waals surface area contributed by atoms with E-state index in [0.717, 1.165) is 4.88 Å². The molecule has 2 rings (SSSR count). The third-order valence-corrected chi connectivity index (χ3v) is 6.25. The molecule has 1 unspecified atom stereocenters. The van der Waals surface area contributed by atoms with Gasteiger partial charge in [0, 0.05) is 17.0 Å². The van der Waals surface area contributed by atoms with Crippen molar-refractivity contribution in [2.24, 2.45) is 0 Å². The van der Waals surface area contributed by atoms with Crippen LogP contribution in [0.5, 0.6) is 0 Å². The first-order valence-corrected chi connectivity index (χ1v) is 11.4. The van der Waals surface area contributed by atoms with Gasteiger partial charge in [-0.2, -0.15) is 0 Å². The van der Waals surface area contributed by atoms with Crippen molar-refractivity contribution in [2.75, 3.05) is 12.3 Å². The lowest BCUT2D eigenvalue weighted by atomic mass is 9.98. The van der Waals surface area contributed by atoms with E-state index in [1.54, 1.807) is 0 Å². The Kier molecular flexibility index (Phi) is 9.96. The number of aliphatic carboxylic acids is 1. The number of anilines is 1. The second kappa shape index (κ2) is 12.4. The monoisotopic (exact) mass is 499 g/mol. The van der Waals surface area contributed by atoms with Gasteiger partial charge in [-0.3, -0.25) is 14.4 Å². The van der Waals surface area contributed by atoms with Crippen LogP contribution >= 0.6 is 34.5 Å². The molecule has 1 heterocycles. The van der Waals surface area contributed by atoms with Gasteiger partial charge in [0.25, 0.3) is 5.91 Å². The maximum absolute atomic E-state index is 12.7. The summed E-state index contributed by atoms with van der Waals surface area (Å²) in [6, 6.07) is 5.43. The van der Waals surface area contributed by atoms with Gasteiger partial charge < -0.3 is 26.3 Å². The van der Waals surface area contributed by atoms with Crippen molar-refractivity contribution in [1.82, 2.24) is 10.6 Å². The van der Waals surface area contributed by atoms with Crippen molar-refractivity contribution in [1.29, 1.82) is 0 Å². The molecule has 2 atom stereocenters. The zero-order chi connectivity index (χ0) is 23.7. The number of rotatable bonds is 12. The average molecular weight is 500 g/mol. The first kappa shape index (κ1) is 25.6. The molecular formula is C21H23Cl2N3O5S. The molecule has 0 bridgehead atoms. The van der Waals surface area contributed by atoms with Gasteiger partial charge in [0.05, 0.1) is 34.1 Å². The number of nitrogen functional groups attached to an aromatic ring is 1. The molecule has 0 aliphatic carbocycles. The average Bonchev–Trinajstić information content (AvgIpc) is 3.27. The van der Waals surface area contributed by atoms with Crippen LogP contribution in [-0.4, -0.2) is 41.8 Å². The summed E-state index contributed by atoms with van der Waals surface area (Å²) in [4.78, 5) is 47.7. The number of benzene rings is 1. The van der Waals surface area contributed by atoms with Gasteiger partial charge in [-0.15, -0.1) is 11.3 Å². The highest BCUT2D eigenvalue weighted by molar-refractivity contribution is 7.10. The molecule has 0 spiro atoms. The van der Waals surface area contributed by atoms with E-state index in [1.165, 1.54) is 23.5 Å². The Labute approximate surface area is 199 Å². The molecular weight excluding hydrogens is 477 g/mol. The van der Waals surface area contributed by atoms with Crippen molar-refractivity contribution in [3.63, 3.8) is 0 Å². The van der Waals surface area contributed by atoms with Crippen LogP contribution in [0, 0.1) is 0 Å². The minimum atomic E-state index is -1.17. The number of carboxylic acids is 1. The number of halogens is 2. The van der Waals surface area contributed by atoms with E-state index >= 15 is 0 Å². The summed E-state index contributed by atoms with van der Waals surface area (Å²) in [7, 11) is 0. The van der Waals surface area contributed by atoms with E-state index < -0.39 is 30.3 Å². The fraction of sp³-hybridized carbons (Fsp3) is 0.333. The van der Waals surface area contributed by atoms with Gasteiger partial charge in [-0.1, -0.05) is 35.7 Å². The number of carbonyl (C=O) groups excluding carboxylic acids is 3. The standard InChI is InChI=1S/C21H23Cl2N3O5S/c22-15-8-12(9-16(23)19(15)24)20(30)25-6-2-1-4-14(17-5-3-7-32-17)21(31)26-13(11-27)10-18(28)29/h3,5,7-9,11,13-14H,1-2,4,6,10,24H2,(H,25,30)(H,26,31)(H,28,29)/t13-,14?/m1/s1. The van der Waals surface area contributed by atoms with Crippen molar-refractivity contribution < 1.29 is 24.3 Å². The van der Waals surface area contributed by atoms with E-state index in [-0.39, 0.29) is 21.6 Å². The quantitative estimate of drug-likeness (QED) is 0.200. The Bertz CT molecular complexity index is 945. The molecule has 2 aromatic rings. The van der Waals surface area contributed by atoms with Crippen molar-refractivity contribution in [2.45, 2.75) is 37.6 Å². The third kappa shape index (κ3) is 7.51. The van der Waals surface area contributed by atoms with E-state index in [1.807, 2.05) is 17.5 Å². The number of amides is 2. The van der Waals surface area contributed by atoms with Gasteiger partial charge in [-0.25, -0.2) is 0 Å². The SMILES string of the molecule is Nc1c(Cl)cc(C(=O)NCCCCC(C(=O)N[C@@H](C=O)CC(=O)O)c2cccs2)cc1Cl. The zero-order valence-electron chi connectivity index (χ0n) is 17.0. The van der Waals surface area contributed by atoms with Gasteiger partial charge >= 0.3 is 5.97 Å². The predicted molar refractivity (Wildman–Crippen MR) is 124 cm³/mol. The number of carbonyl (C=O) groups is 4. The lowest BCUT2D eigenvalue weighted by Gasteiger charge is -2.18. The number of aldehydes is 1. The molecule has 172 valence electrons. The first-order chi connectivity index (χ1) is 15.2. The Hall–Kier alpha value is -2.62. The second-order valence-corrected chi connectivity index (χ2v) is 8.82. The Balaban J connectivity index is 1.88. The van der Waals surface area contributed by atoms with Crippen molar-refractivity contribution >= 4 is 64.3 Å². The molecule has 11 heteroatoms. The molecule has 32 heavy (non-hydrogen) atoms. The van der Waals surface area contributed by atoms with Crippen LogP contribution in [0.2, 0.25) is 10.0 Å². The summed E-state index contributed by atoms with van der Waals surface area (Å²) < 4.78 is 0. The normalized spacial score (nSPS) is 12.6. The van der Waals surface area contributed by atoms with E-state index in [0.29, 0.717) is 37.7 Å². The maximum atomic E-state index is 12.7. The lowest BCUT2D eigenvalue weighted by Crippen LogP contribution is -2.40. The van der Waals surface area contributed by atoms with Gasteiger partial charge in [0.2, 0.25) is 5.91 Å². The Morgan fingerprint density at radius 1 is 1.19 bits per heavy atom. The summed E-state index contributed by atoms with van der Waals surface area (Å²) >= 11 is 13.3. The summed E-state index contributed by atoms with van der Waals surface area (Å²) in [5.74, 6) is -2.43. The largest absolute Gasteiger partial charge is 0.481 e. The van der Waals surface area contributed by atoms with Crippen LogP contribution in [0.1, 0.15) is 46.8 Å². The first-order valence-electron chi connectivity index (χ1n) is 9.76. The minimum Gasteiger partial charge on any atom is -0.481 e. The molecule has 0 aliphatic rings. The molecule has 5 N–H and O–H groups in total. The van der Waals surface area contributed by atoms with Gasteiger partial charge in [0.1, 0.15) is 6.29 Å². The number of nitrogens with two attached hydrogens (primary N) is 1. The third-order valence-electron chi connectivity index (χ3n) is 4.64. The van der Waals surface area contributed by atoms with Crippen LogP contribution in [0.4, 0.5) is 5.69 Å². The van der Waals surface area contributed by atoms with Crippen LogP contribution in [-0.2, 0) is 14.4 Å². The molecule has 0 saturated carbocycles. The van der Waals surface area contributed by atoms with Crippen LogP contribution in [0.3, 0.4) is 0 Å². The fourth-order valence-electron chi connectivity index (χ4n) is 2.99. The molecule has 2 amide bonds. The highest BCUT2D eigenvalue weighted by atomic mass is 35.5. The number of carboxylic acid groups (broad SMARTS) is 1. The Morgan fingerprint density at radius 3 is 2.44 bits per heavy atom. The lowest BCUT2D eigenvalue weighted by molar-refractivity contribution is -0.138.